The van der Waals surface area contributed by atoms with Gasteiger partial charge in [-0.25, -0.2) is 0 Å². The number of hydrogen-bond donors (Lipinski definition) is 1. The summed E-state index contributed by atoms with van der Waals surface area (Å²) in [5.74, 6) is 0.250. The van der Waals surface area contributed by atoms with Gasteiger partial charge in [-0.15, -0.1) is 6.58 Å². The molecule has 5 nitrogen and oxygen atoms in total. The fourth-order valence-corrected chi connectivity index (χ4v) is 5.15. The van der Waals surface area contributed by atoms with Crippen LogP contribution in [0.4, 0.5) is 0 Å². The van der Waals surface area contributed by atoms with Gasteiger partial charge in [0.15, 0.2) is 0 Å². The Hall–Kier alpha value is -3.21. The third kappa shape index (κ3) is 5.41. The number of nitrogens with zero attached hydrogens (tertiary/aromatic N) is 2. The number of hydrogen-bond acceptors (Lipinski definition) is 3. The summed E-state index contributed by atoms with van der Waals surface area (Å²) in [6.45, 7) is 5.37. The number of benzene rings is 1. The van der Waals surface area contributed by atoms with E-state index in [1.54, 1.807) is 18.5 Å². The first-order chi connectivity index (χ1) is 16.1. The van der Waals surface area contributed by atoms with Gasteiger partial charge in [0.05, 0.1) is 5.41 Å². The second-order valence-corrected chi connectivity index (χ2v) is 9.24. The number of nitrogens with one attached hydrogen (secondary N) is 1. The fourth-order valence-electron chi connectivity index (χ4n) is 5.15. The van der Waals surface area contributed by atoms with Crippen molar-refractivity contribution in [3.8, 4) is 11.1 Å². The summed E-state index contributed by atoms with van der Waals surface area (Å²) >= 11 is 0. The van der Waals surface area contributed by atoms with Gasteiger partial charge in [-0.1, -0.05) is 42.5 Å². The molecule has 1 aliphatic carbocycles. The van der Waals surface area contributed by atoms with Crippen LogP contribution in [-0.4, -0.2) is 41.3 Å². The summed E-state index contributed by atoms with van der Waals surface area (Å²) < 4.78 is 0. The average molecular weight is 444 g/mol. The third-order valence-corrected chi connectivity index (χ3v) is 6.88. The zero-order chi connectivity index (χ0) is 23.1. The molecule has 172 valence electrons. The minimum atomic E-state index is -0.641. The highest BCUT2D eigenvalue weighted by molar-refractivity contribution is 5.86. The van der Waals surface area contributed by atoms with Gasteiger partial charge in [-0.05, 0) is 67.3 Å². The Bertz CT molecular complexity index is 1020. The van der Waals surface area contributed by atoms with E-state index in [4.69, 9.17) is 0 Å². The van der Waals surface area contributed by atoms with Crippen LogP contribution in [0.5, 0.6) is 0 Å². The zero-order valence-corrected chi connectivity index (χ0v) is 19.2. The van der Waals surface area contributed by atoms with Gasteiger partial charge in [0.1, 0.15) is 0 Å². The van der Waals surface area contributed by atoms with Crippen LogP contribution in [0.3, 0.4) is 0 Å². The fraction of sp³-hybridized carbons (Fsp3) is 0.393. The minimum Gasteiger partial charge on any atom is -0.352 e. The van der Waals surface area contributed by atoms with E-state index in [2.05, 4.69) is 47.2 Å². The monoisotopic (exact) mass is 443 g/mol. The van der Waals surface area contributed by atoms with Gasteiger partial charge in [-0.3, -0.25) is 14.6 Å². The molecule has 2 aliphatic rings. The molecule has 4 rings (SSSR count). The Labute approximate surface area is 196 Å². The first kappa shape index (κ1) is 23.0. The van der Waals surface area contributed by atoms with Crippen molar-refractivity contribution >= 4 is 11.8 Å². The SMILES string of the molecule is C=CCNC(=O)[C@@]1(Cc2cccc(-c3ccncc3)c2)CCCN(C(=O)[C@@H]2CC=CCC2)C1. The largest absolute Gasteiger partial charge is 0.352 e. The van der Waals surface area contributed by atoms with Crippen LogP contribution in [0, 0.1) is 11.3 Å². The molecule has 2 amide bonds. The van der Waals surface area contributed by atoms with Gasteiger partial charge in [0, 0.05) is 37.9 Å². The van der Waals surface area contributed by atoms with Crippen molar-refractivity contribution in [1.29, 1.82) is 0 Å². The topological polar surface area (TPSA) is 62.3 Å². The van der Waals surface area contributed by atoms with Gasteiger partial charge < -0.3 is 10.2 Å². The van der Waals surface area contributed by atoms with Gasteiger partial charge in [-0.2, -0.15) is 0 Å². The molecule has 1 saturated heterocycles. The van der Waals surface area contributed by atoms with E-state index in [9.17, 15) is 9.59 Å². The number of pyridine rings is 1. The van der Waals surface area contributed by atoms with Crippen molar-refractivity contribution in [1.82, 2.24) is 15.2 Å². The molecule has 2 heterocycles. The summed E-state index contributed by atoms with van der Waals surface area (Å²) in [6, 6.07) is 12.3. The normalized spacial score (nSPS) is 22.5. The molecule has 0 saturated carbocycles. The van der Waals surface area contributed by atoms with Crippen LogP contribution in [0.25, 0.3) is 11.1 Å². The van der Waals surface area contributed by atoms with Gasteiger partial charge in [0.25, 0.3) is 0 Å². The van der Waals surface area contributed by atoms with E-state index in [0.717, 1.165) is 55.3 Å². The van der Waals surface area contributed by atoms with Crippen LogP contribution < -0.4 is 5.32 Å². The summed E-state index contributed by atoms with van der Waals surface area (Å²) in [5.41, 5.74) is 2.67. The molecule has 0 radical (unpaired) electrons. The first-order valence-electron chi connectivity index (χ1n) is 11.9. The lowest BCUT2D eigenvalue weighted by atomic mass is 9.73. The number of amides is 2. The van der Waals surface area contributed by atoms with Crippen molar-refractivity contribution in [3.63, 3.8) is 0 Å². The molecular formula is C28H33N3O2. The lowest BCUT2D eigenvalue weighted by Crippen LogP contribution is -2.55. The molecule has 5 heteroatoms. The van der Waals surface area contributed by atoms with Crippen molar-refractivity contribution in [2.24, 2.45) is 11.3 Å². The molecule has 2 aromatic rings. The average Bonchev–Trinajstić information content (AvgIpc) is 2.88. The highest BCUT2D eigenvalue weighted by Crippen LogP contribution is 2.36. The molecular weight excluding hydrogens is 410 g/mol. The van der Waals surface area contributed by atoms with Crippen LogP contribution in [-0.2, 0) is 16.0 Å². The Kier molecular flexibility index (Phi) is 7.38. The van der Waals surface area contributed by atoms with E-state index in [0.29, 0.717) is 19.5 Å². The minimum absolute atomic E-state index is 0.0118. The summed E-state index contributed by atoms with van der Waals surface area (Å²) in [6.07, 6.45) is 14.4. The van der Waals surface area contributed by atoms with Crippen molar-refractivity contribution in [3.05, 3.63) is 79.2 Å². The lowest BCUT2D eigenvalue weighted by Gasteiger charge is -2.43. The number of aromatic nitrogens is 1. The highest BCUT2D eigenvalue weighted by Gasteiger charge is 2.44. The summed E-state index contributed by atoms with van der Waals surface area (Å²) in [4.78, 5) is 32.8. The van der Waals surface area contributed by atoms with Gasteiger partial charge in [0.2, 0.25) is 11.8 Å². The van der Waals surface area contributed by atoms with Crippen LogP contribution in [0.1, 0.15) is 37.7 Å². The Morgan fingerprint density at radius 3 is 2.79 bits per heavy atom. The highest BCUT2D eigenvalue weighted by atomic mass is 16.2. The molecule has 1 aromatic heterocycles. The zero-order valence-electron chi connectivity index (χ0n) is 19.2. The molecule has 0 spiro atoms. The van der Waals surface area contributed by atoms with E-state index < -0.39 is 5.41 Å². The molecule has 1 fully saturated rings. The maximum Gasteiger partial charge on any atom is 0.228 e. The number of piperidine rings is 1. The van der Waals surface area contributed by atoms with Crippen LogP contribution in [0.2, 0.25) is 0 Å². The number of carbonyl (C=O) groups excluding carboxylic acids is 2. The quantitative estimate of drug-likeness (QED) is 0.638. The molecule has 1 aliphatic heterocycles. The smallest absolute Gasteiger partial charge is 0.228 e. The third-order valence-electron chi connectivity index (χ3n) is 6.88. The number of likely N-dealkylation sites (tertiary alicyclic amines) is 1. The molecule has 0 bridgehead atoms. The van der Waals surface area contributed by atoms with Crippen molar-refractivity contribution in [2.45, 2.75) is 38.5 Å². The number of carbonyl (C=O) groups is 2. The number of rotatable bonds is 7. The number of allylic oxidation sites excluding steroid dienone is 2. The lowest BCUT2D eigenvalue weighted by molar-refractivity contribution is -0.144. The van der Waals surface area contributed by atoms with Crippen molar-refractivity contribution in [2.75, 3.05) is 19.6 Å². The predicted octanol–water partition coefficient (Wildman–Crippen LogP) is 4.56. The Morgan fingerprint density at radius 1 is 1.18 bits per heavy atom. The van der Waals surface area contributed by atoms with E-state index in [-0.39, 0.29) is 17.7 Å². The molecule has 2 atom stereocenters. The van der Waals surface area contributed by atoms with Crippen molar-refractivity contribution < 1.29 is 9.59 Å². The Balaban J connectivity index is 1.59. The van der Waals surface area contributed by atoms with Crippen LogP contribution >= 0.6 is 0 Å². The maximum absolute atomic E-state index is 13.5. The summed E-state index contributed by atoms with van der Waals surface area (Å²) in [5, 5.41) is 3.03. The van der Waals surface area contributed by atoms with E-state index in [1.165, 1.54) is 0 Å². The van der Waals surface area contributed by atoms with Crippen LogP contribution in [0.15, 0.2) is 73.6 Å². The van der Waals surface area contributed by atoms with E-state index in [1.807, 2.05) is 23.1 Å². The molecule has 1 N–H and O–H groups in total. The second-order valence-electron chi connectivity index (χ2n) is 9.24. The molecule has 1 aromatic carbocycles. The Morgan fingerprint density at radius 2 is 2.03 bits per heavy atom. The summed E-state index contributed by atoms with van der Waals surface area (Å²) in [7, 11) is 0. The first-order valence-corrected chi connectivity index (χ1v) is 11.9. The van der Waals surface area contributed by atoms with Gasteiger partial charge >= 0.3 is 0 Å². The molecule has 0 unspecified atom stereocenters. The predicted molar refractivity (Wildman–Crippen MR) is 131 cm³/mol. The standard InChI is InChI=1S/C28H33N3O2/c1-2-15-30-27(33)28(14-7-18-31(21-28)26(32)24-9-4-3-5-10-24)20-22-8-6-11-25(19-22)23-12-16-29-17-13-23/h2-4,6,8,11-13,16-17,19,24H,1,5,7,9-10,14-15,18,20-21H2,(H,30,33)/t24-,28-/m1/s1. The second kappa shape index (κ2) is 10.6. The maximum atomic E-state index is 13.5. The van der Waals surface area contributed by atoms with E-state index >= 15 is 0 Å². The molecule has 33 heavy (non-hydrogen) atoms.